The predicted molar refractivity (Wildman–Crippen MR) is 86.8 cm³/mol. The Morgan fingerprint density at radius 3 is 2.75 bits per heavy atom. The van der Waals surface area contributed by atoms with E-state index in [2.05, 4.69) is 5.10 Å². The normalized spacial score (nSPS) is 17.1. The van der Waals surface area contributed by atoms with E-state index in [0.29, 0.717) is 23.4 Å². The molecule has 1 aliphatic carbocycles. The Morgan fingerprint density at radius 2 is 2.08 bits per heavy atom. The van der Waals surface area contributed by atoms with Gasteiger partial charge in [-0.15, -0.1) is 0 Å². The Balaban J connectivity index is 1.81. The minimum atomic E-state index is -3.75. The molecule has 8 heteroatoms. The third kappa shape index (κ3) is 2.21. The first-order valence-electron chi connectivity index (χ1n) is 7.81. The molecule has 0 unspecified atom stereocenters. The molecule has 0 spiro atoms. The zero-order valence-corrected chi connectivity index (χ0v) is 14.0. The number of fused-ring (bicyclic) bond motifs is 1. The molecule has 24 heavy (non-hydrogen) atoms. The molecule has 1 aromatic carbocycles. The van der Waals surface area contributed by atoms with Gasteiger partial charge < -0.3 is 5.11 Å². The number of hydrogen-bond acceptors (Lipinski definition) is 4. The van der Waals surface area contributed by atoms with Crippen molar-refractivity contribution in [3.8, 4) is 0 Å². The van der Waals surface area contributed by atoms with E-state index in [-0.39, 0.29) is 22.9 Å². The van der Waals surface area contributed by atoms with Crippen LogP contribution in [0.2, 0.25) is 0 Å². The quantitative estimate of drug-likeness (QED) is 0.909. The van der Waals surface area contributed by atoms with Crippen LogP contribution >= 0.6 is 0 Å². The van der Waals surface area contributed by atoms with Crippen molar-refractivity contribution >= 4 is 21.7 Å². The maximum atomic E-state index is 13.2. The first kappa shape index (κ1) is 15.2. The molecule has 0 saturated heterocycles. The molecule has 126 valence electrons. The van der Waals surface area contributed by atoms with Crippen molar-refractivity contribution in [3.05, 3.63) is 41.2 Å². The lowest BCUT2D eigenvalue weighted by Gasteiger charge is -2.19. The molecule has 0 bridgehead atoms. The van der Waals surface area contributed by atoms with Crippen molar-refractivity contribution in [2.45, 2.75) is 30.1 Å². The van der Waals surface area contributed by atoms with Gasteiger partial charge in [0.1, 0.15) is 4.90 Å². The summed E-state index contributed by atoms with van der Waals surface area (Å²) in [6.45, 7) is 0.251. The average molecular weight is 347 g/mol. The summed E-state index contributed by atoms with van der Waals surface area (Å²) in [4.78, 5) is 11.6. The molecule has 2 heterocycles. The first-order valence-corrected chi connectivity index (χ1v) is 9.25. The maximum Gasteiger partial charge on any atom is 0.336 e. The lowest BCUT2D eigenvalue weighted by Crippen LogP contribution is -2.29. The summed E-state index contributed by atoms with van der Waals surface area (Å²) in [5, 5.41) is 13.6. The van der Waals surface area contributed by atoms with Gasteiger partial charge in [-0.1, -0.05) is 6.07 Å². The number of aromatic nitrogens is 2. The number of aryl methyl sites for hydroxylation is 1. The number of aromatic carboxylic acids is 1. The van der Waals surface area contributed by atoms with Gasteiger partial charge in [-0.25, -0.2) is 13.2 Å². The second-order valence-corrected chi connectivity index (χ2v) is 8.09. The fourth-order valence-corrected chi connectivity index (χ4v) is 5.05. The Labute approximate surface area is 139 Å². The summed E-state index contributed by atoms with van der Waals surface area (Å²) >= 11 is 0. The summed E-state index contributed by atoms with van der Waals surface area (Å²) in [6.07, 6.45) is 3.86. The topological polar surface area (TPSA) is 92.5 Å². The summed E-state index contributed by atoms with van der Waals surface area (Å²) in [5.41, 5.74) is 1.82. The fraction of sp³-hybridized carbons (Fsp3) is 0.375. The number of hydrogen-bond donors (Lipinski definition) is 1. The largest absolute Gasteiger partial charge is 0.478 e. The van der Waals surface area contributed by atoms with Gasteiger partial charge in [0.2, 0.25) is 0 Å². The number of carbonyl (C=O) groups is 1. The Kier molecular flexibility index (Phi) is 3.21. The highest BCUT2D eigenvalue weighted by atomic mass is 32.2. The van der Waals surface area contributed by atoms with Gasteiger partial charge in [0, 0.05) is 25.7 Å². The fourth-order valence-electron chi connectivity index (χ4n) is 3.30. The van der Waals surface area contributed by atoms with E-state index in [1.165, 1.54) is 15.1 Å². The zero-order chi connectivity index (χ0) is 17.1. The SMILES string of the molecule is Cn1cc(S(=O)(=O)N2CCc3c(C(=O)O)cccc32)c(C2CC2)n1. The second-order valence-electron chi connectivity index (χ2n) is 6.26. The molecule has 1 N–H and O–H groups in total. The molecule has 7 nitrogen and oxygen atoms in total. The van der Waals surface area contributed by atoms with E-state index in [9.17, 15) is 18.3 Å². The molecule has 0 radical (unpaired) electrons. The molecular weight excluding hydrogens is 330 g/mol. The molecule has 2 aromatic rings. The Hall–Kier alpha value is -2.35. The van der Waals surface area contributed by atoms with Crippen LogP contribution in [0.15, 0.2) is 29.3 Å². The summed E-state index contributed by atoms with van der Waals surface area (Å²) in [7, 11) is -2.04. The number of carboxylic acids is 1. The van der Waals surface area contributed by atoms with Crippen molar-refractivity contribution in [2.75, 3.05) is 10.8 Å². The predicted octanol–water partition coefficient (Wildman–Crippen LogP) is 1.75. The van der Waals surface area contributed by atoms with Crippen LogP contribution in [0, 0.1) is 0 Å². The molecule has 1 saturated carbocycles. The molecule has 2 aliphatic rings. The molecule has 1 aliphatic heterocycles. The van der Waals surface area contributed by atoms with E-state index >= 15 is 0 Å². The number of anilines is 1. The average Bonchev–Trinajstić information content (AvgIpc) is 3.14. The van der Waals surface area contributed by atoms with Crippen LogP contribution in [-0.2, 0) is 23.5 Å². The minimum Gasteiger partial charge on any atom is -0.478 e. The number of benzene rings is 1. The van der Waals surface area contributed by atoms with E-state index in [1.807, 2.05) is 0 Å². The maximum absolute atomic E-state index is 13.2. The van der Waals surface area contributed by atoms with Gasteiger partial charge in [-0.3, -0.25) is 8.99 Å². The molecule has 1 fully saturated rings. The van der Waals surface area contributed by atoms with Crippen molar-refractivity contribution < 1.29 is 18.3 Å². The summed E-state index contributed by atoms with van der Waals surface area (Å²) < 4.78 is 29.2. The summed E-state index contributed by atoms with van der Waals surface area (Å²) in [5.74, 6) is -0.824. The second kappa shape index (κ2) is 5.07. The molecule has 4 rings (SSSR count). The van der Waals surface area contributed by atoms with Crippen molar-refractivity contribution in [1.82, 2.24) is 9.78 Å². The van der Waals surface area contributed by atoms with Gasteiger partial charge in [0.05, 0.1) is 16.9 Å². The highest BCUT2D eigenvalue weighted by molar-refractivity contribution is 7.93. The van der Waals surface area contributed by atoms with E-state index < -0.39 is 16.0 Å². The molecule has 0 amide bonds. The van der Waals surface area contributed by atoms with Crippen molar-refractivity contribution in [2.24, 2.45) is 7.05 Å². The highest BCUT2D eigenvalue weighted by Gasteiger charge is 2.39. The third-order valence-corrected chi connectivity index (χ3v) is 6.40. The van der Waals surface area contributed by atoms with Gasteiger partial charge in [0.25, 0.3) is 10.0 Å². The lowest BCUT2D eigenvalue weighted by molar-refractivity contribution is 0.0696. The lowest BCUT2D eigenvalue weighted by atomic mass is 10.1. The standard InChI is InChI=1S/C16H17N3O4S/c1-18-9-14(15(17-18)10-5-6-10)24(22,23)19-8-7-11-12(16(20)21)3-2-4-13(11)19/h2-4,9-10H,5-8H2,1H3,(H,20,21). The van der Waals surface area contributed by atoms with Gasteiger partial charge in [-0.2, -0.15) is 5.10 Å². The highest BCUT2D eigenvalue weighted by Crippen LogP contribution is 2.43. The van der Waals surface area contributed by atoms with E-state index in [1.54, 1.807) is 25.4 Å². The minimum absolute atomic E-state index is 0.166. The smallest absolute Gasteiger partial charge is 0.336 e. The number of rotatable bonds is 4. The molecular formula is C16H17N3O4S. The monoisotopic (exact) mass is 347 g/mol. The van der Waals surface area contributed by atoms with Crippen LogP contribution in [0.25, 0.3) is 0 Å². The van der Waals surface area contributed by atoms with Gasteiger partial charge in [0.15, 0.2) is 0 Å². The summed E-state index contributed by atoms with van der Waals surface area (Å²) in [6, 6.07) is 4.76. The van der Waals surface area contributed by atoms with Crippen LogP contribution in [-0.4, -0.2) is 35.8 Å². The Morgan fingerprint density at radius 1 is 1.33 bits per heavy atom. The number of carboxylic acid groups (broad SMARTS) is 1. The van der Waals surface area contributed by atoms with Crippen LogP contribution < -0.4 is 4.31 Å². The van der Waals surface area contributed by atoms with Gasteiger partial charge >= 0.3 is 5.97 Å². The number of sulfonamides is 1. The van der Waals surface area contributed by atoms with E-state index in [0.717, 1.165) is 12.8 Å². The third-order valence-electron chi connectivity index (χ3n) is 4.57. The van der Waals surface area contributed by atoms with Crippen LogP contribution in [0.3, 0.4) is 0 Å². The zero-order valence-electron chi connectivity index (χ0n) is 13.1. The number of nitrogens with zero attached hydrogens (tertiary/aromatic N) is 3. The van der Waals surface area contributed by atoms with Crippen LogP contribution in [0.1, 0.15) is 40.4 Å². The van der Waals surface area contributed by atoms with Crippen molar-refractivity contribution in [3.63, 3.8) is 0 Å². The Bertz CT molecular complexity index is 944. The van der Waals surface area contributed by atoms with Crippen LogP contribution in [0.5, 0.6) is 0 Å². The van der Waals surface area contributed by atoms with Crippen molar-refractivity contribution in [1.29, 1.82) is 0 Å². The van der Waals surface area contributed by atoms with E-state index in [4.69, 9.17) is 0 Å². The molecule has 0 atom stereocenters. The van der Waals surface area contributed by atoms with Gasteiger partial charge in [-0.05, 0) is 37.0 Å². The van der Waals surface area contributed by atoms with Crippen LogP contribution in [0.4, 0.5) is 5.69 Å². The first-order chi connectivity index (χ1) is 11.4. The molecule has 1 aromatic heterocycles.